The molecule has 0 aliphatic rings. The van der Waals surface area contributed by atoms with Crippen molar-refractivity contribution >= 4 is 12.1 Å². The zero-order valence-corrected chi connectivity index (χ0v) is 12.3. The number of para-hydroxylation sites is 1. The van der Waals surface area contributed by atoms with Gasteiger partial charge in [0.15, 0.2) is 6.29 Å². The lowest BCUT2D eigenvalue weighted by molar-refractivity contribution is 0.112. The molecule has 0 aliphatic heterocycles. The maximum absolute atomic E-state index is 11.2. The Bertz CT molecular complexity index is 620. The quantitative estimate of drug-likeness (QED) is 0.783. The highest BCUT2D eigenvalue weighted by atomic mass is 16.5. The van der Waals surface area contributed by atoms with Crippen LogP contribution in [0.1, 0.15) is 21.6 Å². The molecule has 0 atom stereocenters. The van der Waals surface area contributed by atoms with Crippen LogP contribution in [-0.2, 0) is 13.6 Å². The van der Waals surface area contributed by atoms with E-state index in [9.17, 15) is 4.79 Å². The van der Waals surface area contributed by atoms with E-state index in [1.165, 1.54) is 0 Å². The van der Waals surface area contributed by atoms with Gasteiger partial charge in [0.1, 0.15) is 11.6 Å². The van der Waals surface area contributed by atoms with Gasteiger partial charge in [0.05, 0.1) is 18.4 Å². The van der Waals surface area contributed by atoms with Crippen molar-refractivity contribution in [2.24, 2.45) is 7.05 Å². The number of hydrogen-bond acceptors (Lipinski definition) is 4. The first-order valence-corrected chi connectivity index (χ1v) is 6.40. The molecule has 0 amide bonds. The molecule has 5 nitrogen and oxygen atoms in total. The van der Waals surface area contributed by atoms with Gasteiger partial charge in [-0.3, -0.25) is 9.48 Å². The molecule has 0 saturated carbocycles. The molecule has 2 aromatic rings. The van der Waals surface area contributed by atoms with Crippen molar-refractivity contribution in [3.8, 4) is 5.75 Å². The number of aryl methyl sites for hydroxylation is 2. The number of hydrogen-bond donors (Lipinski definition) is 0. The molecule has 0 fully saturated rings. The Labute approximate surface area is 118 Å². The van der Waals surface area contributed by atoms with Gasteiger partial charge in [-0.1, -0.05) is 18.2 Å². The first kappa shape index (κ1) is 14.1. The number of methoxy groups -OCH3 is 1. The minimum absolute atomic E-state index is 0.630. The van der Waals surface area contributed by atoms with Crippen LogP contribution in [0.25, 0.3) is 0 Å². The van der Waals surface area contributed by atoms with E-state index in [0.717, 1.165) is 29.1 Å². The van der Waals surface area contributed by atoms with Crippen LogP contribution in [0.15, 0.2) is 24.3 Å². The molecule has 1 aromatic heterocycles. The average molecular weight is 273 g/mol. The lowest BCUT2D eigenvalue weighted by Crippen LogP contribution is -2.21. The van der Waals surface area contributed by atoms with E-state index in [1.54, 1.807) is 11.8 Å². The van der Waals surface area contributed by atoms with Crippen molar-refractivity contribution < 1.29 is 9.53 Å². The first-order valence-electron chi connectivity index (χ1n) is 6.40. The van der Waals surface area contributed by atoms with Gasteiger partial charge in [-0.25, -0.2) is 0 Å². The van der Waals surface area contributed by atoms with Crippen LogP contribution in [0.4, 0.5) is 5.82 Å². The van der Waals surface area contributed by atoms with Crippen LogP contribution in [0.5, 0.6) is 5.75 Å². The van der Waals surface area contributed by atoms with Crippen LogP contribution in [0, 0.1) is 6.92 Å². The number of anilines is 1. The molecule has 0 aliphatic carbocycles. The van der Waals surface area contributed by atoms with Gasteiger partial charge in [0, 0.05) is 26.2 Å². The highest BCUT2D eigenvalue weighted by Gasteiger charge is 2.17. The zero-order chi connectivity index (χ0) is 14.7. The number of benzene rings is 1. The Hall–Kier alpha value is -2.30. The predicted molar refractivity (Wildman–Crippen MR) is 78.4 cm³/mol. The molecule has 5 heteroatoms. The summed E-state index contributed by atoms with van der Waals surface area (Å²) in [4.78, 5) is 13.2. The summed E-state index contributed by atoms with van der Waals surface area (Å²) in [6, 6.07) is 7.85. The van der Waals surface area contributed by atoms with Gasteiger partial charge in [0.2, 0.25) is 0 Å². The number of aldehydes is 1. The fraction of sp³-hybridized carbons (Fsp3) is 0.333. The SMILES string of the molecule is COc1ccccc1CN(C)c1c(C=O)c(C)nn1C. The van der Waals surface area contributed by atoms with E-state index in [1.807, 2.05) is 50.2 Å². The second kappa shape index (κ2) is 5.77. The van der Waals surface area contributed by atoms with Gasteiger partial charge >= 0.3 is 0 Å². The number of rotatable bonds is 5. The van der Waals surface area contributed by atoms with Crippen molar-refractivity contribution in [2.45, 2.75) is 13.5 Å². The Morgan fingerprint density at radius 1 is 1.40 bits per heavy atom. The highest BCUT2D eigenvalue weighted by Crippen LogP contribution is 2.25. The molecule has 2 rings (SSSR count). The third-order valence-corrected chi connectivity index (χ3v) is 3.32. The van der Waals surface area contributed by atoms with Crippen molar-refractivity contribution in [3.63, 3.8) is 0 Å². The molecular weight excluding hydrogens is 254 g/mol. The second-order valence-electron chi connectivity index (χ2n) is 4.73. The Kier molecular flexibility index (Phi) is 4.08. The summed E-state index contributed by atoms with van der Waals surface area (Å²) >= 11 is 0. The topological polar surface area (TPSA) is 47.4 Å². The summed E-state index contributed by atoms with van der Waals surface area (Å²) in [5.41, 5.74) is 2.43. The largest absolute Gasteiger partial charge is 0.496 e. The summed E-state index contributed by atoms with van der Waals surface area (Å²) in [5, 5.41) is 4.30. The maximum atomic E-state index is 11.2. The fourth-order valence-electron chi connectivity index (χ4n) is 2.42. The molecule has 0 N–H and O–H groups in total. The van der Waals surface area contributed by atoms with Crippen molar-refractivity contribution in [1.82, 2.24) is 9.78 Å². The fourth-order valence-corrected chi connectivity index (χ4v) is 2.42. The van der Waals surface area contributed by atoms with E-state index in [2.05, 4.69) is 5.10 Å². The van der Waals surface area contributed by atoms with Crippen LogP contribution in [0.2, 0.25) is 0 Å². The molecule has 1 heterocycles. The van der Waals surface area contributed by atoms with Crippen LogP contribution in [-0.4, -0.2) is 30.2 Å². The zero-order valence-electron chi connectivity index (χ0n) is 12.3. The Morgan fingerprint density at radius 2 is 2.10 bits per heavy atom. The molecule has 0 spiro atoms. The van der Waals surface area contributed by atoms with E-state index in [4.69, 9.17) is 4.74 Å². The first-order chi connectivity index (χ1) is 9.58. The molecule has 106 valence electrons. The lowest BCUT2D eigenvalue weighted by Gasteiger charge is -2.21. The molecule has 0 radical (unpaired) electrons. The molecule has 0 unspecified atom stereocenters. The van der Waals surface area contributed by atoms with Crippen LogP contribution >= 0.6 is 0 Å². The summed E-state index contributed by atoms with van der Waals surface area (Å²) in [7, 11) is 5.44. The smallest absolute Gasteiger partial charge is 0.155 e. The average Bonchev–Trinajstić information content (AvgIpc) is 2.73. The molecule has 1 aromatic carbocycles. The second-order valence-corrected chi connectivity index (χ2v) is 4.73. The van der Waals surface area contributed by atoms with Gasteiger partial charge in [-0.05, 0) is 13.0 Å². The standard InChI is InChI=1S/C15H19N3O2/c1-11-13(10-19)15(18(3)16-11)17(2)9-12-7-5-6-8-14(12)20-4/h5-8,10H,9H2,1-4H3. The van der Waals surface area contributed by atoms with Crippen LogP contribution in [0.3, 0.4) is 0 Å². The summed E-state index contributed by atoms with van der Waals surface area (Å²) < 4.78 is 7.09. The van der Waals surface area contributed by atoms with E-state index < -0.39 is 0 Å². The number of carbonyl (C=O) groups is 1. The predicted octanol–water partition coefficient (Wildman–Crippen LogP) is 2.19. The molecule has 0 saturated heterocycles. The Morgan fingerprint density at radius 3 is 2.75 bits per heavy atom. The monoisotopic (exact) mass is 273 g/mol. The molecule has 20 heavy (non-hydrogen) atoms. The minimum Gasteiger partial charge on any atom is -0.496 e. The van der Waals surface area contributed by atoms with E-state index in [-0.39, 0.29) is 0 Å². The van der Waals surface area contributed by atoms with E-state index in [0.29, 0.717) is 12.1 Å². The molecular formula is C15H19N3O2. The lowest BCUT2D eigenvalue weighted by atomic mass is 10.2. The molecule has 0 bridgehead atoms. The maximum Gasteiger partial charge on any atom is 0.155 e. The number of aromatic nitrogens is 2. The van der Waals surface area contributed by atoms with Crippen molar-refractivity contribution in [1.29, 1.82) is 0 Å². The summed E-state index contributed by atoms with van der Waals surface area (Å²) in [6.45, 7) is 2.48. The summed E-state index contributed by atoms with van der Waals surface area (Å²) in [5.74, 6) is 1.65. The highest BCUT2D eigenvalue weighted by molar-refractivity contribution is 5.84. The third-order valence-electron chi connectivity index (χ3n) is 3.32. The third kappa shape index (κ3) is 2.52. The Balaban J connectivity index is 2.33. The van der Waals surface area contributed by atoms with Gasteiger partial charge < -0.3 is 9.64 Å². The number of carbonyl (C=O) groups excluding carboxylic acids is 1. The van der Waals surface area contributed by atoms with Crippen molar-refractivity contribution in [3.05, 3.63) is 41.1 Å². The van der Waals surface area contributed by atoms with Crippen LogP contribution < -0.4 is 9.64 Å². The van der Waals surface area contributed by atoms with E-state index >= 15 is 0 Å². The number of nitrogens with zero attached hydrogens (tertiary/aromatic N) is 3. The minimum atomic E-state index is 0.630. The summed E-state index contributed by atoms with van der Waals surface area (Å²) in [6.07, 6.45) is 0.858. The van der Waals surface area contributed by atoms with Crippen molar-refractivity contribution in [2.75, 3.05) is 19.1 Å². The number of ether oxygens (including phenoxy) is 1. The van der Waals surface area contributed by atoms with Gasteiger partial charge in [-0.15, -0.1) is 0 Å². The van der Waals surface area contributed by atoms with Gasteiger partial charge in [-0.2, -0.15) is 5.10 Å². The van der Waals surface area contributed by atoms with Gasteiger partial charge in [0.25, 0.3) is 0 Å². The normalized spacial score (nSPS) is 10.4.